The topological polar surface area (TPSA) is 102 Å². The van der Waals surface area contributed by atoms with Gasteiger partial charge in [0.2, 0.25) is 0 Å². The van der Waals surface area contributed by atoms with Crippen LogP contribution in [0.25, 0.3) is 0 Å². The molecule has 1 amide bonds. The van der Waals surface area contributed by atoms with Crippen molar-refractivity contribution in [1.29, 1.82) is 0 Å². The summed E-state index contributed by atoms with van der Waals surface area (Å²) in [5, 5.41) is 11.3. The Hall–Kier alpha value is -2.91. The largest absolute Gasteiger partial charge is 0.436 e. The molecule has 134 valence electrons. The highest BCUT2D eigenvalue weighted by atomic mass is 19.1. The fraction of sp³-hybridized carbons (Fsp3) is 0.250. The summed E-state index contributed by atoms with van der Waals surface area (Å²) in [6.07, 6.45) is -0.959. The van der Waals surface area contributed by atoms with Gasteiger partial charge >= 0.3 is 6.09 Å². The number of pyridine rings is 1. The van der Waals surface area contributed by atoms with Crippen LogP contribution in [0.4, 0.5) is 20.7 Å². The average molecular weight is 351 g/mol. The minimum atomic E-state index is -0.959. The van der Waals surface area contributed by atoms with E-state index in [4.69, 9.17) is 9.84 Å². The number of nitrogens with zero attached hydrogens (tertiary/aromatic N) is 1. The SMILES string of the molecule is Cc1ccc(Nc2c(OC(=O)NOCCO)ccc(=O)n2C)c(F)c1. The van der Waals surface area contributed by atoms with Crippen LogP contribution in [0.5, 0.6) is 5.75 Å². The third-order valence-corrected chi connectivity index (χ3v) is 3.21. The molecule has 0 atom stereocenters. The Labute approximate surface area is 142 Å². The summed E-state index contributed by atoms with van der Waals surface area (Å²) < 4.78 is 20.3. The van der Waals surface area contributed by atoms with Gasteiger partial charge in [0.15, 0.2) is 11.6 Å². The molecule has 0 radical (unpaired) electrons. The lowest BCUT2D eigenvalue weighted by Gasteiger charge is -2.16. The van der Waals surface area contributed by atoms with E-state index in [9.17, 15) is 14.0 Å². The third kappa shape index (κ3) is 4.78. The molecule has 9 heteroatoms. The summed E-state index contributed by atoms with van der Waals surface area (Å²) in [5.41, 5.74) is 2.45. The molecule has 2 rings (SSSR count). The summed E-state index contributed by atoms with van der Waals surface area (Å²) in [6.45, 7) is 1.36. The molecule has 0 saturated carbocycles. The zero-order chi connectivity index (χ0) is 18.4. The Bertz CT molecular complexity index is 822. The van der Waals surface area contributed by atoms with E-state index in [0.29, 0.717) is 0 Å². The average Bonchev–Trinajstić information content (AvgIpc) is 2.56. The van der Waals surface area contributed by atoms with Crippen molar-refractivity contribution in [3.05, 3.63) is 52.1 Å². The number of nitrogens with one attached hydrogen (secondary N) is 2. The molecule has 1 aromatic heterocycles. The van der Waals surface area contributed by atoms with Crippen molar-refractivity contribution in [3.63, 3.8) is 0 Å². The van der Waals surface area contributed by atoms with Gasteiger partial charge in [0, 0.05) is 13.1 Å². The Morgan fingerprint density at radius 3 is 2.76 bits per heavy atom. The van der Waals surface area contributed by atoms with Gasteiger partial charge in [0.05, 0.1) is 18.9 Å². The summed E-state index contributed by atoms with van der Waals surface area (Å²) in [7, 11) is 1.45. The molecule has 2 aromatic rings. The lowest BCUT2D eigenvalue weighted by molar-refractivity contribution is 0.0246. The molecule has 0 saturated heterocycles. The standard InChI is InChI=1S/C16H18FN3O5/c1-10-3-4-12(11(17)9-10)18-15-13(5-6-14(22)20(15)2)25-16(23)19-24-8-7-21/h3-6,9,18,21H,7-8H2,1-2H3,(H,19,23). The Morgan fingerprint density at radius 1 is 1.32 bits per heavy atom. The number of hydroxylamine groups is 1. The first-order chi connectivity index (χ1) is 11.9. The second-order valence-corrected chi connectivity index (χ2v) is 5.12. The molecular formula is C16H18FN3O5. The third-order valence-electron chi connectivity index (χ3n) is 3.21. The number of carbonyl (C=O) groups excluding carboxylic acids is 1. The first-order valence-corrected chi connectivity index (χ1v) is 7.36. The Balaban J connectivity index is 2.28. The van der Waals surface area contributed by atoms with Crippen LogP contribution in [0.15, 0.2) is 35.1 Å². The van der Waals surface area contributed by atoms with Crippen LogP contribution in [-0.4, -0.2) is 29.0 Å². The van der Waals surface area contributed by atoms with Crippen LogP contribution in [0.2, 0.25) is 0 Å². The van der Waals surface area contributed by atoms with Gasteiger partial charge in [0.1, 0.15) is 5.82 Å². The van der Waals surface area contributed by atoms with E-state index >= 15 is 0 Å². The van der Waals surface area contributed by atoms with Gasteiger partial charge in [-0.25, -0.2) is 9.18 Å². The predicted octanol–water partition coefficient (Wildman–Crippen LogP) is 1.59. The van der Waals surface area contributed by atoms with Gasteiger partial charge in [-0.05, 0) is 30.7 Å². The first kappa shape index (κ1) is 18.4. The highest BCUT2D eigenvalue weighted by Crippen LogP contribution is 2.27. The molecule has 0 bridgehead atoms. The lowest BCUT2D eigenvalue weighted by Crippen LogP contribution is -2.29. The number of aliphatic hydroxyl groups excluding tert-OH is 1. The van der Waals surface area contributed by atoms with Gasteiger partial charge < -0.3 is 15.2 Å². The fourth-order valence-electron chi connectivity index (χ4n) is 1.97. The van der Waals surface area contributed by atoms with E-state index < -0.39 is 11.9 Å². The van der Waals surface area contributed by atoms with Crippen LogP contribution in [0.1, 0.15) is 5.56 Å². The number of benzene rings is 1. The van der Waals surface area contributed by atoms with E-state index in [1.165, 1.54) is 35.9 Å². The van der Waals surface area contributed by atoms with Crippen LogP contribution in [-0.2, 0) is 11.9 Å². The number of carbonyl (C=O) groups is 1. The van der Waals surface area contributed by atoms with Crippen molar-refractivity contribution in [1.82, 2.24) is 10.0 Å². The maximum absolute atomic E-state index is 14.1. The lowest BCUT2D eigenvalue weighted by atomic mass is 10.2. The van der Waals surface area contributed by atoms with E-state index in [-0.39, 0.29) is 36.0 Å². The molecule has 0 unspecified atom stereocenters. The van der Waals surface area contributed by atoms with Crippen LogP contribution >= 0.6 is 0 Å². The summed E-state index contributed by atoms with van der Waals surface area (Å²) in [5.74, 6) is -0.433. The van der Waals surface area contributed by atoms with Crippen LogP contribution < -0.4 is 21.1 Å². The molecule has 0 aliphatic heterocycles. The zero-order valence-electron chi connectivity index (χ0n) is 13.7. The van der Waals surface area contributed by atoms with E-state index in [1.54, 1.807) is 13.0 Å². The minimum Gasteiger partial charge on any atom is -0.405 e. The second-order valence-electron chi connectivity index (χ2n) is 5.12. The monoisotopic (exact) mass is 351 g/mol. The van der Waals surface area contributed by atoms with Crippen molar-refractivity contribution in [2.45, 2.75) is 6.92 Å². The van der Waals surface area contributed by atoms with Crippen molar-refractivity contribution >= 4 is 17.6 Å². The highest BCUT2D eigenvalue weighted by molar-refractivity contribution is 5.73. The quantitative estimate of drug-likeness (QED) is 0.540. The van der Waals surface area contributed by atoms with Gasteiger partial charge in [-0.15, -0.1) is 0 Å². The maximum atomic E-state index is 14.1. The molecule has 0 aliphatic rings. The number of aromatic nitrogens is 1. The summed E-state index contributed by atoms with van der Waals surface area (Å²) >= 11 is 0. The van der Waals surface area contributed by atoms with E-state index in [1.807, 2.05) is 5.48 Å². The smallest absolute Gasteiger partial charge is 0.405 e. The fourth-order valence-corrected chi connectivity index (χ4v) is 1.97. The number of amides is 1. The van der Waals surface area contributed by atoms with E-state index in [2.05, 4.69) is 10.2 Å². The predicted molar refractivity (Wildman–Crippen MR) is 88.3 cm³/mol. The molecule has 1 aromatic carbocycles. The molecule has 8 nitrogen and oxygen atoms in total. The van der Waals surface area contributed by atoms with Gasteiger partial charge in [-0.3, -0.25) is 14.2 Å². The molecule has 0 fully saturated rings. The van der Waals surface area contributed by atoms with Gasteiger partial charge in [-0.1, -0.05) is 6.07 Å². The number of hydrogen-bond donors (Lipinski definition) is 3. The van der Waals surface area contributed by atoms with Gasteiger partial charge in [0.25, 0.3) is 5.56 Å². The molecule has 1 heterocycles. The highest BCUT2D eigenvalue weighted by Gasteiger charge is 2.15. The number of aryl methyl sites for hydroxylation is 1. The first-order valence-electron chi connectivity index (χ1n) is 7.36. The summed E-state index contributed by atoms with van der Waals surface area (Å²) in [6, 6.07) is 7.02. The number of anilines is 2. The Morgan fingerprint density at radius 2 is 2.08 bits per heavy atom. The van der Waals surface area contributed by atoms with Crippen LogP contribution in [0.3, 0.4) is 0 Å². The Kier molecular flexibility index (Phi) is 6.09. The zero-order valence-corrected chi connectivity index (χ0v) is 13.7. The molecule has 25 heavy (non-hydrogen) atoms. The summed E-state index contributed by atoms with van der Waals surface area (Å²) in [4.78, 5) is 28.1. The number of hydrogen-bond acceptors (Lipinski definition) is 6. The van der Waals surface area contributed by atoms with Crippen LogP contribution in [0, 0.1) is 12.7 Å². The number of halogens is 1. The number of ether oxygens (including phenoxy) is 1. The van der Waals surface area contributed by atoms with Gasteiger partial charge in [-0.2, -0.15) is 5.48 Å². The molecule has 3 N–H and O–H groups in total. The molecule has 0 aliphatic carbocycles. The maximum Gasteiger partial charge on any atom is 0.436 e. The minimum absolute atomic E-state index is 0.00725. The van der Waals surface area contributed by atoms with Crippen molar-refractivity contribution < 1.29 is 23.9 Å². The number of rotatable bonds is 6. The normalized spacial score (nSPS) is 10.4. The van der Waals surface area contributed by atoms with E-state index in [0.717, 1.165) is 5.56 Å². The van der Waals surface area contributed by atoms with Crippen molar-refractivity contribution in [3.8, 4) is 5.75 Å². The second kappa shape index (κ2) is 8.27. The molecule has 0 spiro atoms. The van der Waals surface area contributed by atoms with Crippen molar-refractivity contribution in [2.24, 2.45) is 7.05 Å². The number of aliphatic hydroxyl groups is 1. The molecular weight excluding hydrogens is 333 g/mol. The van der Waals surface area contributed by atoms with Crippen molar-refractivity contribution in [2.75, 3.05) is 18.5 Å².